The molecule has 1 nitrogen and oxygen atoms in total. The minimum atomic E-state index is -1.87. The van der Waals surface area contributed by atoms with Crippen molar-refractivity contribution in [3.05, 3.63) is 48.0 Å². The molecule has 0 aliphatic heterocycles. The molecule has 0 unspecified atom stereocenters. The zero-order valence-corrected chi connectivity index (χ0v) is 17.6. The second-order valence-electron chi connectivity index (χ2n) is 7.88. The number of benzene rings is 2. The summed E-state index contributed by atoms with van der Waals surface area (Å²) in [5.74, 6) is 3.26. The Kier molecular flexibility index (Phi) is 6.73. The standard InChI is InChI=1S/C23H32OSi/c1-18(2)25(19(3)4,20(5)6)24-16-10-9-11-21-14-15-22-12-7-8-13-23(22)17-21/h7-8,12-15,17-20H,9,11H2,1-6H3. The number of fused-ring (bicyclic) bond motifs is 1. The Bertz CT molecular complexity index is 727. The van der Waals surface area contributed by atoms with Gasteiger partial charge in [0.1, 0.15) is 0 Å². The van der Waals surface area contributed by atoms with Crippen molar-refractivity contribution in [1.29, 1.82) is 0 Å². The minimum absolute atomic E-state index is 0.572. The smallest absolute Gasteiger partial charge is 0.272 e. The number of hydrogen-bond donors (Lipinski definition) is 0. The molecule has 0 saturated heterocycles. The summed E-state index contributed by atoms with van der Waals surface area (Å²) in [6.07, 6.45) is 4.91. The Balaban J connectivity index is 2.01. The molecule has 0 aliphatic rings. The SMILES string of the molecule is CC(C)[Si](OC#CCCc1ccc2ccccc2c1)(C(C)C)C(C)C. The van der Waals surface area contributed by atoms with Crippen molar-refractivity contribution in [2.45, 2.75) is 71.0 Å². The van der Waals surface area contributed by atoms with Gasteiger partial charge < -0.3 is 4.43 Å². The van der Waals surface area contributed by atoms with Crippen LogP contribution in [0.5, 0.6) is 0 Å². The minimum Gasteiger partial charge on any atom is -0.500 e. The maximum absolute atomic E-state index is 6.30. The maximum atomic E-state index is 6.30. The van der Waals surface area contributed by atoms with Gasteiger partial charge in [-0.1, -0.05) is 89.9 Å². The van der Waals surface area contributed by atoms with Crippen LogP contribution in [0.25, 0.3) is 10.8 Å². The van der Waals surface area contributed by atoms with Crippen LogP contribution in [0.2, 0.25) is 16.6 Å². The first-order valence-corrected chi connectivity index (χ1v) is 11.7. The van der Waals surface area contributed by atoms with Gasteiger partial charge in [0.05, 0.1) is 6.11 Å². The quantitative estimate of drug-likeness (QED) is 0.405. The van der Waals surface area contributed by atoms with Gasteiger partial charge in [0.2, 0.25) is 0 Å². The van der Waals surface area contributed by atoms with Gasteiger partial charge in [-0.3, -0.25) is 0 Å². The van der Waals surface area contributed by atoms with E-state index in [2.05, 4.69) is 96.0 Å². The van der Waals surface area contributed by atoms with Crippen LogP contribution in [0.4, 0.5) is 0 Å². The predicted octanol–water partition coefficient (Wildman–Crippen LogP) is 6.93. The third-order valence-corrected chi connectivity index (χ3v) is 11.2. The summed E-state index contributed by atoms with van der Waals surface area (Å²) in [6.45, 7) is 13.8. The van der Waals surface area contributed by atoms with Crippen LogP contribution in [0.3, 0.4) is 0 Å². The highest BCUT2D eigenvalue weighted by molar-refractivity contribution is 6.77. The van der Waals surface area contributed by atoms with Crippen LogP contribution in [0.1, 0.15) is 53.5 Å². The van der Waals surface area contributed by atoms with Crippen molar-refractivity contribution in [2.24, 2.45) is 0 Å². The topological polar surface area (TPSA) is 9.23 Å². The molecule has 25 heavy (non-hydrogen) atoms. The number of rotatable bonds is 6. The fourth-order valence-corrected chi connectivity index (χ4v) is 9.09. The average molecular weight is 353 g/mol. The summed E-state index contributed by atoms with van der Waals surface area (Å²) in [7, 11) is -1.87. The zero-order valence-electron chi connectivity index (χ0n) is 16.6. The molecule has 0 atom stereocenters. The van der Waals surface area contributed by atoms with E-state index in [1.165, 1.54) is 16.3 Å². The summed E-state index contributed by atoms with van der Waals surface area (Å²) in [6, 6.07) is 15.2. The van der Waals surface area contributed by atoms with Gasteiger partial charge in [-0.15, -0.1) is 0 Å². The predicted molar refractivity (Wildman–Crippen MR) is 112 cm³/mol. The van der Waals surface area contributed by atoms with Gasteiger partial charge >= 0.3 is 0 Å². The normalized spacial score (nSPS) is 11.9. The molecule has 134 valence electrons. The third kappa shape index (κ3) is 4.47. The zero-order chi connectivity index (χ0) is 18.4. The van der Waals surface area contributed by atoms with Crippen LogP contribution in [0.15, 0.2) is 42.5 Å². The summed E-state index contributed by atoms with van der Waals surface area (Å²) >= 11 is 0. The van der Waals surface area contributed by atoms with E-state index in [1.807, 2.05) is 0 Å². The van der Waals surface area contributed by atoms with Crippen LogP contribution < -0.4 is 0 Å². The summed E-state index contributed by atoms with van der Waals surface area (Å²) in [5.41, 5.74) is 3.06. The second kappa shape index (κ2) is 8.58. The molecule has 2 aromatic carbocycles. The van der Waals surface area contributed by atoms with Crippen LogP contribution >= 0.6 is 0 Å². The lowest BCUT2D eigenvalue weighted by atomic mass is 10.0. The van der Waals surface area contributed by atoms with Gasteiger partial charge in [0, 0.05) is 6.42 Å². The molecule has 0 aromatic heterocycles. The number of aryl methyl sites for hydroxylation is 1. The van der Waals surface area contributed by atoms with Gasteiger partial charge in [-0.25, -0.2) is 0 Å². The summed E-state index contributed by atoms with van der Waals surface area (Å²) in [5, 5.41) is 2.59. The van der Waals surface area contributed by atoms with E-state index in [0.29, 0.717) is 16.6 Å². The molecular weight excluding hydrogens is 320 g/mol. The van der Waals surface area contributed by atoms with Crippen molar-refractivity contribution in [3.8, 4) is 12.0 Å². The highest BCUT2D eigenvalue weighted by Gasteiger charge is 2.46. The molecular formula is C23H32OSi. The highest BCUT2D eigenvalue weighted by atomic mass is 28.4. The molecule has 0 aliphatic carbocycles. The van der Waals surface area contributed by atoms with E-state index in [9.17, 15) is 0 Å². The first-order chi connectivity index (χ1) is 11.9. The summed E-state index contributed by atoms with van der Waals surface area (Å²) < 4.78 is 6.30. The fraction of sp³-hybridized carbons (Fsp3) is 0.478. The Labute approximate surface area is 154 Å². The molecule has 0 heterocycles. The van der Waals surface area contributed by atoms with E-state index < -0.39 is 8.32 Å². The van der Waals surface area contributed by atoms with Gasteiger partial charge in [0.15, 0.2) is 0 Å². The Morgan fingerprint density at radius 2 is 1.44 bits per heavy atom. The van der Waals surface area contributed by atoms with Crippen molar-refractivity contribution in [1.82, 2.24) is 0 Å². The molecule has 0 radical (unpaired) electrons. The molecule has 2 aromatic rings. The van der Waals surface area contributed by atoms with Crippen molar-refractivity contribution < 1.29 is 4.43 Å². The lowest BCUT2D eigenvalue weighted by Gasteiger charge is -2.39. The lowest BCUT2D eigenvalue weighted by Crippen LogP contribution is -2.46. The average Bonchev–Trinajstić information content (AvgIpc) is 2.56. The fourth-order valence-electron chi connectivity index (χ4n) is 4.13. The Morgan fingerprint density at radius 1 is 0.840 bits per heavy atom. The van der Waals surface area contributed by atoms with Gasteiger partial charge in [-0.05, 0) is 39.4 Å². The van der Waals surface area contributed by atoms with Crippen LogP contribution in [-0.2, 0) is 10.8 Å². The molecule has 0 saturated carbocycles. The summed E-state index contributed by atoms with van der Waals surface area (Å²) in [4.78, 5) is 0. The lowest BCUT2D eigenvalue weighted by molar-refractivity contribution is 0.446. The van der Waals surface area contributed by atoms with E-state index in [4.69, 9.17) is 4.43 Å². The third-order valence-electron chi connectivity index (χ3n) is 5.36. The Hall–Kier alpha value is -1.72. The maximum Gasteiger partial charge on any atom is 0.272 e. The van der Waals surface area contributed by atoms with Gasteiger partial charge in [-0.2, -0.15) is 0 Å². The molecule has 0 bridgehead atoms. The molecule has 2 rings (SSSR count). The molecule has 0 fully saturated rings. The van der Waals surface area contributed by atoms with Crippen LogP contribution in [0, 0.1) is 12.0 Å². The largest absolute Gasteiger partial charge is 0.500 e. The molecule has 0 spiro atoms. The molecule has 0 N–H and O–H groups in total. The molecule has 0 amide bonds. The highest BCUT2D eigenvalue weighted by Crippen LogP contribution is 2.41. The second-order valence-corrected chi connectivity index (χ2v) is 13.3. The number of hydrogen-bond acceptors (Lipinski definition) is 1. The monoisotopic (exact) mass is 352 g/mol. The first-order valence-electron chi connectivity index (χ1n) is 9.51. The van der Waals surface area contributed by atoms with E-state index in [1.54, 1.807) is 0 Å². The van der Waals surface area contributed by atoms with E-state index in [0.717, 1.165) is 12.8 Å². The Morgan fingerprint density at radius 3 is 2.04 bits per heavy atom. The van der Waals surface area contributed by atoms with Crippen LogP contribution in [-0.4, -0.2) is 8.32 Å². The van der Waals surface area contributed by atoms with E-state index >= 15 is 0 Å². The van der Waals surface area contributed by atoms with Crippen molar-refractivity contribution in [2.75, 3.05) is 0 Å². The van der Waals surface area contributed by atoms with Gasteiger partial charge in [0.25, 0.3) is 8.32 Å². The first kappa shape index (κ1) is 19.6. The van der Waals surface area contributed by atoms with Crippen molar-refractivity contribution >= 4 is 19.1 Å². The van der Waals surface area contributed by atoms with Crippen molar-refractivity contribution in [3.63, 3.8) is 0 Å². The molecule has 2 heteroatoms. The van der Waals surface area contributed by atoms with E-state index in [-0.39, 0.29) is 0 Å².